The molecule has 0 radical (unpaired) electrons. The molecule has 1 atom stereocenters. The third-order valence-corrected chi connectivity index (χ3v) is 4.59. The molecule has 2 N–H and O–H groups in total. The molecular formula is C21H28N2O6. The number of imide groups is 1. The molecule has 1 aromatic carbocycles. The smallest absolute Gasteiger partial charge is 0.339 e. The minimum atomic E-state index is -1.14. The van der Waals surface area contributed by atoms with Crippen LogP contribution in [0.2, 0.25) is 0 Å². The number of carbonyl (C=O) groups is 3. The van der Waals surface area contributed by atoms with Gasteiger partial charge in [-0.15, -0.1) is 0 Å². The lowest BCUT2D eigenvalue weighted by Gasteiger charge is -2.23. The minimum absolute atomic E-state index is 0.0729. The van der Waals surface area contributed by atoms with Gasteiger partial charge in [-0.3, -0.25) is 10.1 Å². The van der Waals surface area contributed by atoms with Gasteiger partial charge in [0.15, 0.2) is 17.6 Å². The molecule has 1 aromatic rings. The van der Waals surface area contributed by atoms with Crippen LogP contribution < -0.4 is 20.1 Å². The summed E-state index contributed by atoms with van der Waals surface area (Å²) < 4.78 is 15.8. The first-order valence-electron chi connectivity index (χ1n) is 9.68. The first-order chi connectivity index (χ1) is 13.9. The highest BCUT2D eigenvalue weighted by Crippen LogP contribution is 2.28. The molecule has 0 aliphatic heterocycles. The molecule has 1 aliphatic rings. The standard InChI is InChI=1S/C21H28N2O6/c1-4-12-28-17-11-10-15(13-18(17)27-3)20(25)29-14(2)19(24)23-21(26)22-16-8-6-5-7-9-16/h4,10-11,13-14,16H,1,5-9,12H2,2-3H3,(H2,22,23,24,26). The molecule has 0 saturated heterocycles. The van der Waals surface area contributed by atoms with Crippen molar-refractivity contribution in [3.05, 3.63) is 36.4 Å². The van der Waals surface area contributed by atoms with E-state index in [1.165, 1.54) is 26.2 Å². The van der Waals surface area contributed by atoms with Gasteiger partial charge in [0.25, 0.3) is 5.91 Å². The van der Waals surface area contributed by atoms with Gasteiger partial charge < -0.3 is 19.5 Å². The highest BCUT2D eigenvalue weighted by molar-refractivity contribution is 5.98. The van der Waals surface area contributed by atoms with Crippen LogP contribution in [0.4, 0.5) is 4.79 Å². The molecule has 3 amide bonds. The zero-order chi connectivity index (χ0) is 21.2. The van der Waals surface area contributed by atoms with Gasteiger partial charge >= 0.3 is 12.0 Å². The summed E-state index contributed by atoms with van der Waals surface area (Å²) in [5.74, 6) is -0.599. The second-order valence-electron chi connectivity index (χ2n) is 6.81. The Labute approximate surface area is 170 Å². The van der Waals surface area contributed by atoms with Gasteiger partial charge in [0, 0.05) is 6.04 Å². The van der Waals surface area contributed by atoms with Crippen molar-refractivity contribution < 1.29 is 28.6 Å². The van der Waals surface area contributed by atoms with Crippen molar-refractivity contribution in [2.45, 2.75) is 51.2 Å². The number of carbonyl (C=O) groups excluding carboxylic acids is 3. The van der Waals surface area contributed by atoms with Crippen LogP contribution in [0.1, 0.15) is 49.4 Å². The van der Waals surface area contributed by atoms with Crippen molar-refractivity contribution in [1.82, 2.24) is 10.6 Å². The Morgan fingerprint density at radius 1 is 1.21 bits per heavy atom. The SMILES string of the molecule is C=CCOc1ccc(C(=O)OC(C)C(=O)NC(=O)NC2CCCCC2)cc1OC. The quantitative estimate of drug-likeness (QED) is 0.510. The summed E-state index contributed by atoms with van der Waals surface area (Å²) in [7, 11) is 1.45. The monoisotopic (exact) mass is 404 g/mol. The van der Waals surface area contributed by atoms with Crippen LogP contribution in [-0.2, 0) is 9.53 Å². The first-order valence-corrected chi connectivity index (χ1v) is 9.68. The van der Waals surface area contributed by atoms with Gasteiger partial charge in [-0.25, -0.2) is 9.59 Å². The maximum absolute atomic E-state index is 12.3. The van der Waals surface area contributed by atoms with E-state index in [2.05, 4.69) is 17.2 Å². The molecule has 29 heavy (non-hydrogen) atoms. The van der Waals surface area contributed by atoms with E-state index in [4.69, 9.17) is 14.2 Å². The Kier molecular flexibility index (Phi) is 8.51. The average molecular weight is 404 g/mol. The van der Waals surface area contributed by atoms with Crippen molar-refractivity contribution in [3.63, 3.8) is 0 Å². The molecule has 0 bridgehead atoms. The van der Waals surface area contributed by atoms with Gasteiger partial charge in [0.2, 0.25) is 0 Å². The maximum atomic E-state index is 12.3. The number of benzene rings is 1. The Morgan fingerprint density at radius 3 is 2.59 bits per heavy atom. The van der Waals surface area contributed by atoms with Crippen molar-refractivity contribution in [1.29, 1.82) is 0 Å². The molecule has 1 unspecified atom stereocenters. The highest BCUT2D eigenvalue weighted by atomic mass is 16.5. The van der Waals surface area contributed by atoms with Crippen molar-refractivity contribution >= 4 is 17.9 Å². The number of amides is 3. The van der Waals surface area contributed by atoms with E-state index in [9.17, 15) is 14.4 Å². The van der Waals surface area contributed by atoms with Crippen LogP contribution in [0.5, 0.6) is 11.5 Å². The van der Waals surface area contributed by atoms with E-state index < -0.39 is 24.0 Å². The zero-order valence-corrected chi connectivity index (χ0v) is 16.9. The van der Waals surface area contributed by atoms with Crippen LogP contribution in [-0.4, -0.2) is 43.8 Å². The summed E-state index contributed by atoms with van der Waals surface area (Å²) >= 11 is 0. The first kappa shape index (κ1) is 22.3. The maximum Gasteiger partial charge on any atom is 0.339 e. The van der Waals surface area contributed by atoms with Crippen molar-refractivity contribution in [2.24, 2.45) is 0 Å². The summed E-state index contributed by atoms with van der Waals surface area (Å²) in [4.78, 5) is 36.5. The lowest BCUT2D eigenvalue weighted by Crippen LogP contribution is -2.48. The van der Waals surface area contributed by atoms with Crippen molar-refractivity contribution in [3.8, 4) is 11.5 Å². The predicted molar refractivity (Wildman–Crippen MR) is 107 cm³/mol. The second-order valence-corrected chi connectivity index (χ2v) is 6.81. The van der Waals surface area contributed by atoms with E-state index >= 15 is 0 Å². The fourth-order valence-corrected chi connectivity index (χ4v) is 3.03. The lowest BCUT2D eigenvalue weighted by atomic mass is 9.96. The molecular weight excluding hydrogens is 376 g/mol. The van der Waals surface area contributed by atoms with Crippen LogP contribution in [0, 0.1) is 0 Å². The van der Waals surface area contributed by atoms with Gasteiger partial charge in [0.05, 0.1) is 12.7 Å². The zero-order valence-electron chi connectivity index (χ0n) is 16.9. The molecule has 8 nitrogen and oxygen atoms in total. The van der Waals surface area contributed by atoms with Crippen LogP contribution in [0.25, 0.3) is 0 Å². The summed E-state index contributed by atoms with van der Waals surface area (Å²) in [6, 6.07) is 4.03. The third-order valence-electron chi connectivity index (χ3n) is 4.59. The number of hydrogen-bond donors (Lipinski definition) is 2. The average Bonchev–Trinajstić information content (AvgIpc) is 2.72. The van der Waals surface area contributed by atoms with Gasteiger partial charge in [-0.1, -0.05) is 31.9 Å². The second kappa shape index (κ2) is 11.1. The molecule has 1 fully saturated rings. The Hall–Kier alpha value is -3.03. The lowest BCUT2D eigenvalue weighted by molar-refractivity contribution is -0.127. The third kappa shape index (κ3) is 6.81. The molecule has 1 aliphatic carbocycles. The molecule has 2 rings (SSSR count). The van der Waals surface area contributed by atoms with Crippen LogP contribution >= 0.6 is 0 Å². The summed E-state index contributed by atoms with van der Waals surface area (Å²) in [5.41, 5.74) is 0.194. The minimum Gasteiger partial charge on any atom is -0.493 e. The van der Waals surface area contributed by atoms with Gasteiger partial charge in [-0.2, -0.15) is 0 Å². The predicted octanol–water partition coefficient (Wildman–Crippen LogP) is 2.96. The fourth-order valence-electron chi connectivity index (χ4n) is 3.03. The molecule has 0 aromatic heterocycles. The van der Waals surface area contributed by atoms with Crippen LogP contribution in [0.3, 0.4) is 0 Å². The fraction of sp³-hybridized carbons (Fsp3) is 0.476. The van der Waals surface area contributed by atoms with E-state index in [1.54, 1.807) is 12.1 Å². The molecule has 158 valence electrons. The Morgan fingerprint density at radius 2 is 1.93 bits per heavy atom. The number of hydrogen-bond acceptors (Lipinski definition) is 6. The number of methoxy groups -OCH3 is 1. The normalized spacial score (nSPS) is 15.0. The van der Waals surface area contributed by atoms with E-state index in [1.807, 2.05) is 0 Å². The Balaban J connectivity index is 1.89. The largest absolute Gasteiger partial charge is 0.493 e. The summed E-state index contributed by atoms with van der Waals surface area (Å²) in [6.45, 7) is 5.27. The van der Waals surface area contributed by atoms with Gasteiger partial charge in [0.1, 0.15) is 6.61 Å². The Bertz CT molecular complexity index is 743. The van der Waals surface area contributed by atoms with E-state index in [0.29, 0.717) is 18.1 Å². The summed E-state index contributed by atoms with van der Waals surface area (Å²) in [5, 5.41) is 5.00. The number of rotatable bonds is 8. The van der Waals surface area contributed by atoms with E-state index in [-0.39, 0.29) is 11.6 Å². The topological polar surface area (TPSA) is 103 Å². The van der Waals surface area contributed by atoms with Crippen molar-refractivity contribution in [2.75, 3.05) is 13.7 Å². The van der Waals surface area contributed by atoms with Crippen LogP contribution in [0.15, 0.2) is 30.9 Å². The number of nitrogens with one attached hydrogen (secondary N) is 2. The molecule has 8 heteroatoms. The molecule has 0 spiro atoms. The van der Waals surface area contributed by atoms with Gasteiger partial charge in [-0.05, 0) is 38.0 Å². The summed E-state index contributed by atoms with van der Waals surface area (Å²) in [6.07, 6.45) is 5.55. The highest BCUT2D eigenvalue weighted by Gasteiger charge is 2.23. The van der Waals surface area contributed by atoms with E-state index in [0.717, 1.165) is 32.1 Å². The number of urea groups is 1. The number of ether oxygens (including phenoxy) is 3. The number of esters is 1. The molecule has 1 saturated carbocycles. The molecule has 0 heterocycles.